The van der Waals surface area contributed by atoms with E-state index in [2.05, 4.69) is 15.2 Å². The zero-order chi connectivity index (χ0) is 19.6. The molecule has 2 aromatic carbocycles. The summed E-state index contributed by atoms with van der Waals surface area (Å²) < 4.78 is 0. The molecule has 0 amide bonds. The van der Waals surface area contributed by atoms with Crippen molar-refractivity contribution in [3.8, 4) is 0 Å². The first-order valence-corrected chi connectivity index (χ1v) is 10.9. The highest BCUT2D eigenvalue weighted by Gasteiger charge is 2.28. The Morgan fingerprint density at radius 3 is 2.62 bits per heavy atom. The molecule has 4 aromatic rings. The summed E-state index contributed by atoms with van der Waals surface area (Å²) in [6.07, 6.45) is 6.63. The van der Waals surface area contributed by atoms with E-state index in [4.69, 9.17) is 4.98 Å². The molecular weight excluding hydrogens is 380 g/mol. The molecule has 1 unspecified atom stereocenters. The third-order valence-corrected chi connectivity index (χ3v) is 6.76. The largest absolute Gasteiger partial charge is 0.360 e. The van der Waals surface area contributed by atoms with E-state index in [1.165, 1.54) is 24.6 Å². The van der Waals surface area contributed by atoms with E-state index in [9.17, 15) is 4.79 Å². The van der Waals surface area contributed by atoms with Gasteiger partial charge in [-0.1, -0.05) is 73.1 Å². The average molecular weight is 403 g/mol. The molecule has 5 rings (SSSR count). The maximum absolute atomic E-state index is 13.6. The zero-order valence-electron chi connectivity index (χ0n) is 16.0. The number of benzene rings is 2. The molecule has 0 bridgehead atoms. The van der Waals surface area contributed by atoms with Gasteiger partial charge in [0.1, 0.15) is 11.1 Å². The lowest BCUT2D eigenvalue weighted by atomic mass is 10.0. The quantitative estimate of drug-likeness (QED) is 0.322. The van der Waals surface area contributed by atoms with Crippen LogP contribution < -0.4 is 0 Å². The second-order valence-corrected chi connectivity index (χ2v) is 8.58. The molecule has 1 fully saturated rings. The van der Waals surface area contributed by atoms with Crippen molar-refractivity contribution in [2.75, 3.05) is 0 Å². The van der Waals surface area contributed by atoms with Gasteiger partial charge in [0.15, 0.2) is 5.78 Å². The van der Waals surface area contributed by atoms with Crippen LogP contribution in [0.15, 0.2) is 66.0 Å². The van der Waals surface area contributed by atoms with Crippen molar-refractivity contribution in [3.05, 3.63) is 77.7 Å². The Bertz CT molecular complexity index is 1130. The van der Waals surface area contributed by atoms with Gasteiger partial charge in [0.05, 0.1) is 0 Å². The van der Waals surface area contributed by atoms with E-state index in [0.29, 0.717) is 16.6 Å². The molecule has 5 nitrogen and oxygen atoms in total. The summed E-state index contributed by atoms with van der Waals surface area (Å²) in [5.74, 6) is 1.48. The molecule has 2 heterocycles. The Morgan fingerprint density at radius 2 is 1.79 bits per heavy atom. The molecule has 146 valence electrons. The van der Waals surface area contributed by atoms with Gasteiger partial charge in [0, 0.05) is 28.6 Å². The third-order valence-electron chi connectivity index (χ3n) is 5.64. The summed E-state index contributed by atoms with van der Waals surface area (Å²) in [4.78, 5) is 21.5. The number of hydrogen-bond acceptors (Lipinski definition) is 4. The minimum atomic E-state index is -0.400. The van der Waals surface area contributed by atoms with Crippen LogP contribution in [0.25, 0.3) is 10.9 Å². The van der Waals surface area contributed by atoms with Gasteiger partial charge in [-0.3, -0.25) is 9.89 Å². The molecule has 0 aliphatic heterocycles. The van der Waals surface area contributed by atoms with Gasteiger partial charge in [-0.25, -0.2) is 4.98 Å². The number of aromatic nitrogens is 4. The van der Waals surface area contributed by atoms with Gasteiger partial charge in [0.2, 0.25) is 5.16 Å². The number of fused-ring (bicyclic) bond motifs is 1. The van der Waals surface area contributed by atoms with Crippen LogP contribution in [-0.2, 0) is 0 Å². The first-order chi connectivity index (χ1) is 14.3. The first kappa shape index (κ1) is 18.2. The van der Waals surface area contributed by atoms with Gasteiger partial charge in [-0.05, 0) is 24.5 Å². The molecule has 1 atom stereocenters. The number of thioether (sulfide) groups is 1. The van der Waals surface area contributed by atoms with Crippen molar-refractivity contribution in [2.45, 2.75) is 42.0 Å². The van der Waals surface area contributed by atoms with Crippen molar-refractivity contribution >= 4 is 28.4 Å². The molecule has 2 N–H and O–H groups in total. The lowest BCUT2D eigenvalue weighted by Crippen LogP contribution is -2.10. The Labute approximate surface area is 173 Å². The Kier molecular flexibility index (Phi) is 4.94. The maximum Gasteiger partial charge on any atom is 0.209 e. The molecule has 0 saturated heterocycles. The second-order valence-electron chi connectivity index (χ2n) is 7.51. The van der Waals surface area contributed by atoms with E-state index in [1.54, 1.807) is 0 Å². The molecule has 2 aromatic heterocycles. The molecular formula is C23H22N4OS. The lowest BCUT2D eigenvalue weighted by Gasteiger charge is -2.14. The van der Waals surface area contributed by atoms with Crippen LogP contribution in [0.3, 0.4) is 0 Å². The molecule has 0 spiro atoms. The number of carbonyl (C=O) groups excluding carboxylic acids is 1. The van der Waals surface area contributed by atoms with Crippen molar-refractivity contribution in [3.63, 3.8) is 0 Å². The smallest absolute Gasteiger partial charge is 0.209 e. The van der Waals surface area contributed by atoms with E-state index in [0.717, 1.165) is 35.1 Å². The summed E-state index contributed by atoms with van der Waals surface area (Å²) >= 11 is 1.42. The predicted molar refractivity (Wildman–Crippen MR) is 115 cm³/mol. The summed E-state index contributed by atoms with van der Waals surface area (Å²) in [5, 5.41) is 8.71. The number of nitrogens with one attached hydrogen (secondary N) is 2. The number of nitrogens with zero attached hydrogens (tertiary/aromatic N) is 2. The fraction of sp³-hybridized carbons (Fsp3) is 0.261. The van der Waals surface area contributed by atoms with Gasteiger partial charge in [-0.15, -0.1) is 5.10 Å². The summed E-state index contributed by atoms with van der Waals surface area (Å²) in [7, 11) is 0. The maximum atomic E-state index is 13.6. The first-order valence-electron chi connectivity index (χ1n) is 10.0. The van der Waals surface area contributed by atoms with Crippen molar-refractivity contribution in [1.29, 1.82) is 0 Å². The monoisotopic (exact) mass is 402 g/mol. The molecule has 29 heavy (non-hydrogen) atoms. The van der Waals surface area contributed by atoms with E-state index >= 15 is 0 Å². The molecule has 0 radical (unpaired) electrons. The number of aromatic amines is 2. The summed E-state index contributed by atoms with van der Waals surface area (Å²) in [6, 6.07) is 17.8. The zero-order valence-corrected chi connectivity index (χ0v) is 16.8. The van der Waals surface area contributed by atoms with Crippen LogP contribution in [0.5, 0.6) is 0 Å². The lowest BCUT2D eigenvalue weighted by molar-refractivity contribution is 0.0991. The van der Waals surface area contributed by atoms with Crippen LogP contribution in [0.4, 0.5) is 0 Å². The van der Waals surface area contributed by atoms with Gasteiger partial charge in [-0.2, -0.15) is 0 Å². The standard InChI is InChI=1S/C23H22N4OS/c28-20(18-14-24-19-13-7-6-12-17(18)19)21(15-8-2-1-3-9-15)29-23-25-22(26-27-23)16-10-4-5-11-16/h1-3,6-9,12-14,16,21,24H,4-5,10-11H2,(H,25,26,27). The van der Waals surface area contributed by atoms with E-state index in [1.807, 2.05) is 60.8 Å². The molecule has 1 saturated carbocycles. The van der Waals surface area contributed by atoms with E-state index in [-0.39, 0.29) is 5.78 Å². The SMILES string of the molecule is O=C(c1c[nH]c2ccccc12)C(Sc1n[nH]c(C2CCCC2)n1)c1ccccc1. The van der Waals surface area contributed by atoms with E-state index < -0.39 is 5.25 Å². The van der Waals surface area contributed by atoms with Crippen molar-refractivity contribution < 1.29 is 4.79 Å². The Hall–Kier alpha value is -2.86. The van der Waals surface area contributed by atoms with Crippen LogP contribution in [0.2, 0.25) is 0 Å². The summed E-state index contributed by atoms with van der Waals surface area (Å²) in [5.41, 5.74) is 2.63. The highest BCUT2D eigenvalue weighted by atomic mass is 32.2. The highest BCUT2D eigenvalue weighted by Crippen LogP contribution is 2.39. The molecule has 1 aliphatic carbocycles. The Morgan fingerprint density at radius 1 is 1.03 bits per heavy atom. The number of Topliss-reactive ketones (excluding diaryl/α,β-unsaturated/α-hetero) is 1. The molecule has 6 heteroatoms. The Balaban J connectivity index is 1.48. The van der Waals surface area contributed by atoms with Crippen LogP contribution >= 0.6 is 11.8 Å². The number of rotatable bonds is 6. The third kappa shape index (κ3) is 3.60. The normalized spacial score (nSPS) is 15.7. The number of H-pyrrole nitrogens is 2. The topological polar surface area (TPSA) is 74.4 Å². The fourth-order valence-corrected chi connectivity index (χ4v) is 5.10. The highest BCUT2D eigenvalue weighted by molar-refractivity contribution is 8.00. The van der Waals surface area contributed by atoms with Crippen LogP contribution in [0.1, 0.15) is 58.6 Å². The fourth-order valence-electron chi connectivity index (χ4n) is 4.12. The minimum Gasteiger partial charge on any atom is -0.360 e. The van der Waals surface area contributed by atoms with Crippen LogP contribution in [0, 0.1) is 0 Å². The summed E-state index contributed by atoms with van der Waals surface area (Å²) in [6.45, 7) is 0. The van der Waals surface area contributed by atoms with Gasteiger partial charge < -0.3 is 4.98 Å². The number of carbonyl (C=O) groups is 1. The van der Waals surface area contributed by atoms with Gasteiger partial charge in [0.25, 0.3) is 0 Å². The van der Waals surface area contributed by atoms with Crippen molar-refractivity contribution in [2.24, 2.45) is 0 Å². The average Bonchev–Trinajstić information content (AvgIpc) is 3.52. The number of hydrogen-bond donors (Lipinski definition) is 2. The van der Waals surface area contributed by atoms with Gasteiger partial charge >= 0.3 is 0 Å². The second kappa shape index (κ2) is 7.87. The van der Waals surface area contributed by atoms with Crippen LogP contribution in [-0.4, -0.2) is 25.9 Å². The molecule has 1 aliphatic rings. The predicted octanol–water partition coefficient (Wildman–Crippen LogP) is 5.66. The minimum absolute atomic E-state index is 0.0610. The number of ketones is 1. The number of para-hydroxylation sites is 1. The van der Waals surface area contributed by atoms with Crippen molar-refractivity contribution in [1.82, 2.24) is 20.2 Å².